The number of hydrogen-bond donors (Lipinski definition) is 1. The number of aliphatic carboxylic acids is 1. The first-order valence-corrected chi connectivity index (χ1v) is 8.93. The van der Waals surface area contributed by atoms with Gasteiger partial charge in [-0.3, -0.25) is 9.59 Å². The quantitative estimate of drug-likeness (QED) is 0.833. The van der Waals surface area contributed by atoms with Gasteiger partial charge in [0.25, 0.3) is 5.91 Å². The topological polar surface area (TPSA) is 102 Å². The zero-order valence-electron chi connectivity index (χ0n) is 15.0. The Labute approximate surface area is 159 Å². The van der Waals surface area contributed by atoms with Gasteiger partial charge < -0.3 is 24.0 Å². The molecule has 4 rings (SSSR count). The second kappa shape index (κ2) is 7.23. The number of para-hydroxylation sites is 1. The van der Waals surface area contributed by atoms with Crippen molar-refractivity contribution < 1.29 is 33.1 Å². The molecular weight excluding hydrogens is 371 g/mol. The van der Waals surface area contributed by atoms with Gasteiger partial charge in [0, 0.05) is 31.7 Å². The summed E-state index contributed by atoms with van der Waals surface area (Å²) < 4.78 is 29.4. The molecule has 0 radical (unpaired) electrons. The van der Waals surface area contributed by atoms with Gasteiger partial charge in [0.1, 0.15) is 6.61 Å². The number of carbonyl (C=O) groups is 2. The molecule has 2 aromatic rings. The molecular formula is C19H19FN2O6. The Morgan fingerprint density at radius 2 is 2.21 bits per heavy atom. The van der Waals surface area contributed by atoms with Crippen LogP contribution < -0.4 is 4.74 Å². The monoisotopic (exact) mass is 390 g/mol. The Balaban J connectivity index is 1.43. The molecule has 2 atom stereocenters. The van der Waals surface area contributed by atoms with Crippen LogP contribution in [-0.2, 0) is 16.1 Å². The molecule has 1 aromatic heterocycles. The first kappa shape index (κ1) is 18.4. The lowest BCUT2D eigenvalue weighted by Crippen LogP contribution is -2.45. The van der Waals surface area contributed by atoms with Gasteiger partial charge in [-0.1, -0.05) is 17.3 Å². The fourth-order valence-electron chi connectivity index (χ4n) is 3.81. The zero-order valence-corrected chi connectivity index (χ0v) is 15.0. The minimum atomic E-state index is -0.978. The van der Waals surface area contributed by atoms with E-state index in [2.05, 4.69) is 5.16 Å². The summed E-state index contributed by atoms with van der Waals surface area (Å²) >= 11 is 0. The van der Waals surface area contributed by atoms with Crippen LogP contribution in [-0.4, -0.2) is 53.3 Å². The highest BCUT2D eigenvalue weighted by atomic mass is 19.1. The molecule has 28 heavy (non-hydrogen) atoms. The minimum Gasteiger partial charge on any atom is -0.482 e. The maximum Gasteiger partial charge on any atom is 0.311 e. The summed E-state index contributed by atoms with van der Waals surface area (Å²) in [7, 11) is 0. The van der Waals surface area contributed by atoms with Crippen LogP contribution in [0.25, 0.3) is 0 Å². The molecule has 2 aliphatic heterocycles. The van der Waals surface area contributed by atoms with E-state index in [1.807, 2.05) is 0 Å². The summed E-state index contributed by atoms with van der Waals surface area (Å²) in [6, 6.07) is 7.38. The molecule has 0 spiro atoms. The van der Waals surface area contributed by atoms with Crippen LogP contribution in [0, 0.1) is 17.2 Å². The molecule has 2 fully saturated rings. The lowest BCUT2D eigenvalue weighted by atomic mass is 9.74. The van der Waals surface area contributed by atoms with Crippen LogP contribution in [0.5, 0.6) is 5.75 Å². The van der Waals surface area contributed by atoms with E-state index < -0.39 is 23.1 Å². The first-order chi connectivity index (χ1) is 13.5. The van der Waals surface area contributed by atoms with Gasteiger partial charge >= 0.3 is 5.97 Å². The van der Waals surface area contributed by atoms with Crippen LogP contribution in [0.4, 0.5) is 4.39 Å². The van der Waals surface area contributed by atoms with Crippen LogP contribution in [0.2, 0.25) is 0 Å². The molecule has 0 bridgehead atoms. The summed E-state index contributed by atoms with van der Waals surface area (Å²) in [6.07, 6.45) is 0.372. The Morgan fingerprint density at radius 3 is 2.96 bits per heavy atom. The number of rotatable bonds is 5. The Hall–Kier alpha value is -2.94. The van der Waals surface area contributed by atoms with Gasteiger partial charge in [0.2, 0.25) is 0 Å². The Kier molecular flexibility index (Phi) is 4.76. The number of carbonyl (C=O) groups excluding carboxylic acids is 1. The number of nitrogens with zero attached hydrogens (tertiary/aromatic N) is 2. The normalized spacial score (nSPS) is 24.0. The van der Waals surface area contributed by atoms with E-state index in [0.29, 0.717) is 26.2 Å². The minimum absolute atomic E-state index is 0.0623. The average molecular weight is 390 g/mol. The van der Waals surface area contributed by atoms with Gasteiger partial charge in [-0.15, -0.1) is 0 Å². The van der Waals surface area contributed by atoms with Crippen molar-refractivity contribution in [2.45, 2.75) is 13.0 Å². The van der Waals surface area contributed by atoms with E-state index in [1.165, 1.54) is 23.1 Å². The van der Waals surface area contributed by atoms with Crippen molar-refractivity contribution in [1.82, 2.24) is 10.1 Å². The standard InChI is InChI=1S/C19H19FN2O6/c20-14-3-1-2-4-16(14)27-10-13-7-15(21-28-13)17(23)22-8-12-9-26-6-5-19(12,11-22)18(24)25/h1-4,7,12H,5-6,8-11H2,(H,24,25)/t12-,19+/m0/s1. The van der Waals surface area contributed by atoms with E-state index in [4.69, 9.17) is 14.0 Å². The Bertz CT molecular complexity index is 900. The van der Waals surface area contributed by atoms with Crippen molar-refractivity contribution in [2.24, 2.45) is 11.3 Å². The summed E-state index contributed by atoms with van der Waals surface area (Å²) in [5.41, 5.74) is -0.915. The van der Waals surface area contributed by atoms with E-state index in [1.54, 1.807) is 12.1 Å². The SMILES string of the molecule is O=C(c1cc(COc2ccccc2F)on1)N1C[C@H]2COCC[C@@]2(C(=O)O)C1. The molecule has 8 nitrogen and oxygen atoms in total. The van der Waals surface area contributed by atoms with Gasteiger partial charge in [0.15, 0.2) is 23.0 Å². The van der Waals surface area contributed by atoms with Crippen molar-refractivity contribution in [3.63, 3.8) is 0 Å². The van der Waals surface area contributed by atoms with Gasteiger partial charge in [-0.25, -0.2) is 4.39 Å². The van der Waals surface area contributed by atoms with Crippen molar-refractivity contribution in [1.29, 1.82) is 0 Å². The summed E-state index contributed by atoms with van der Waals surface area (Å²) in [5, 5.41) is 13.5. The maximum absolute atomic E-state index is 13.6. The van der Waals surface area contributed by atoms with E-state index in [0.717, 1.165) is 0 Å². The van der Waals surface area contributed by atoms with Crippen molar-refractivity contribution in [2.75, 3.05) is 26.3 Å². The fourth-order valence-corrected chi connectivity index (χ4v) is 3.81. The van der Waals surface area contributed by atoms with Crippen molar-refractivity contribution in [3.8, 4) is 5.75 Å². The summed E-state index contributed by atoms with van der Waals surface area (Å²) in [5.74, 6) is -1.73. The third-order valence-corrected chi connectivity index (χ3v) is 5.40. The third-order valence-electron chi connectivity index (χ3n) is 5.40. The highest BCUT2D eigenvalue weighted by Crippen LogP contribution is 2.42. The zero-order chi connectivity index (χ0) is 19.7. The molecule has 0 unspecified atom stereocenters. The van der Waals surface area contributed by atoms with Gasteiger partial charge in [-0.2, -0.15) is 0 Å². The summed E-state index contributed by atoms with van der Waals surface area (Å²) in [6.45, 7) is 1.00. The lowest BCUT2D eigenvalue weighted by Gasteiger charge is -2.33. The number of likely N-dealkylation sites (tertiary alicyclic amines) is 1. The molecule has 3 heterocycles. The molecule has 148 valence electrons. The van der Waals surface area contributed by atoms with Gasteiger partial charge in [-0.05, 0) is 18.6 Å². The van der Waals surface area contributed by atoms with Crippen molar-refractivity contribution in [3.05, 3.63) is 47.6 Å². The molecule has 2 aliphatic rings. The number of amides is 1. The van der Waals surface area contributed by atoms with Crippen LogP contribution in [0.3, 0.4) is 0 Å². The second-order valence-electron chi connectivity index (χ2n) is 7.07. The molecule has 9 heteroatoms. The number of halogens is 1. The lowest BCUT2D eigenvalue weighted by molar-refractivity contribution is -0.157. The highest BCUT2D eigenvalue weighted by molar-refractivity contribution is 5.93. The van der Waals surface area contributed by atoms with Crippen LogP contribution >= 0.6 is 0 Å². The van der Waals surface area contributed by atoms with Gasteiger partial charge in [0.05, 0.1) is 12.0 Å². The average Bonchev–Trinajstić information content (AvgIpc) is 3.32. The second-order valence-corrected chi connectivity index (χ2v) is 7.07. The van der Waals surface area contributed by atoms with E-state index >= 15 is 0 Å². The maximum atomic E-state index is 13.6. The van der Waals surface area contributed by atoms with E-state index in [-0.39, 0.29) is 36.3 Å². The molecule has 1 amide bonds. The predicted molar refractivity (Wildman–Crippen MR) is 92.1 cm³/mol. The third kappa shape index (κ3) is 3.22. The fraction of sp³-hybridized carbons (Fsp3) is 0.421. The highest BCUT2D eigenvalue weighted by Gasteiger charge is 2.55. The summed E-state index contributed by atoms with van der Waals surface area (Å²) in [4.78, 5) is 26.1. The number of aromatic nitrogens is 1. The van der Waals surface area contributed by atoms with Crippen LogP contribution in [0.1, 0.15) is 22.7 Å². The molecule has 0 aliphatic carbocycles. The van der Waals surface area contributed by atoms with Crippen molar-refractivity contribution >= 4 is 11.9 Å². The first-order valence-electron chi connectivity index (χ1n) is 8.93. The van der Waals surface area contributed by atoms with E-state index in [9.17, 15) is 19.1 Å². The number of ether oxygens (including phenoxy) is 2. The van der Waals surface area contributed by atoms with Crippen LogP contribution in [0.15, 0.2) is 34.9 Å². The smallest absolute Gasteiger partial charge is 0.311 e. The predicted octanol–water partition coefficient (Wildman–Crippen LogP) is 1.96. The number of carboxylic acids is 1. The molecule has 1 aromatic carbocycles. The number of fused-ring (bicyclic) bond motifs is 1. The largest absolute Gasteiger partial charge is 0.482 e. The molecule has 2 saturated heterocycles. The number of carboxylic acid groups (broad SMARTS) is 1. The number of benzene rings is 1. The molecule has 1 N–H and O–H groups in total. The Morgan fingerprint density at radius 1 is 1.39 bits per heavy atom. The molecule has 0 saturated carbocycles. The number of hydrogen-bond acceptors (Lipinski definition) is 6.